The van der Waals surface area contributed by atoms with E-state index in [1.807, 2.05) is 0 Å². The lowest BCUT2D eigenvalue weighted by Gasteiger charge is -2.27. The third-order valence-corrected chi connectivity index (χ3v) is 10.8. The molecule has 0 N–H and O–H groups in total. The lowest BCUT2D eigenvalue weighted by molar-refractivity contribution is 1.30. The number of hydrogen-bond acceptors (Lipinski definition) is 1. The lowest BCUT2D eigenvalue weighted by atomic mass is 9.91. The molecule has 10 rings (SSSR count). The zero-order valence-electron chi connectivity index (χ0n) is 30.3. The molecule has 1 heteroatoms. The Morgan fingerprint density at radius 3 is 1.38 bits per heavy atom. The SMILES string of the molecule is c1ccc(-c2ccc(N(c3ccc(-c4cccc5cccc(-c6ccccc6)c45)cc3)c3cccc4ccc(-c5ccc6ccccc6c5)cc34)cc2)cc1. The van der Waals surface area contributed by atoms with Gasteiger partial charge in [0.05, 0.1) is 5.69 Å². The minimum Gasteiger partial charge on any atom is -0.310 e. The topological polar surface area (TPSA) is 3.24 Å². The van der Waals surface area contributed by atoms with Gasteiger partial charge in [-0.25, -0.2) is 0 Å². The molecular formula is C54H37N. The molecular weight excluding hydrogens is 663 g/mol. The maximum atomic E-state index is 2.41. The Balaban J connectivity index is 1.12. The minimum atomic E-state index is 1.10. The minimum absolute atomic E-state index is 1.10. The second kappa shape index (κ2) is 14.0. The van der Waals surface area contributed by atoms with Crippen LogP contribution in [-0.4, -0.2) is 0 Å². The molecule has 10 aromatic rings. The molecule has 258 valence electrons. The Labute approximate surface area is 322 Å². The van der Waals surface area contributed by atoms with Crippen molar-refractivity contribution in [2.75, 3.05) is 4.90 Å². The molecule has 0 bridgehead atoms. The zero-order chi connectivity index (χ0) is 36.6. The highest BCUT2D eigenvalue weighted by Crippen LogP contribution is 2.43. The molecule has 0 saturated heterocycles. The van der Waals surface area contributed by atoms with Gasteiger partial charge >= 0.3 is 0 Å². The highest BCUT2D eigenvalue weighted by atomic mass is 15.1. The second-order valence-corrected chi connectivity index (χ2v) is 14.1. The predicted octanol–water partition coefficient (Wildman–Crippen LogP) is 15.3. The molecule has 0 amide bonds. The number of hydrogen-bond donors (Lipinski definition) is 0. The quantitative estimate of drug-likeness (QED) is 0.160. The number of nitrogens with zero attached hydrogens (tertiary/aromatic N) is 1. The normalized spacial score (nSPS) is 11.3. The van der Waals surface area contributed by atoms with Crippen molar-refractivity contribution in [1.29, 1.82) is 0 Å². The average molecular weight is 700 g/mol. The van der Waals surface area contributed by atoms with Gasteiger partial charge in [-0.3, -0.25) is 0 Å². The Kier molecular flexibility index (Phi) is 8.24. The fraction of sp³-hybridized carbons (Fsp3) is 0. The number of fused-ring (bicyclic) bond motifs is 3. The van der Waals surface area contributed by atoms with Gasteiger partial charge in [-0.1, -0.05) is 182 Å². The van der Waals surface area contributed by atoms with Gasteiger partial charge < -0.3 is 4.90 Å². The van der Waals surface area contributed by atoms with Crippen LogP contribution >= 0.6 is 0 Å². The fourth-order valence-corrected chi connectivity index (χ4v) is 8.09. The molecule has 1 nitrogen and oxygen atoms in total. The summed E-state index contributed by atoms with van der Waals surface area (Å²) in [5.41, 5.74) is 13.0. The van der Waals surface area contributed by atoms with Gasteiger partial charge in [-0.15, -0.1) is 0 Å². The Morgan fingerprint density at radius 1 is 0.255 bits per heavy atom. The highest BCUT2D eigenvalue weighted by Gasteiger charge is 2.18. The van der Waals surface area contributed by atoms with Crippen LogP contribution in [0.2, 0.25) is 0 Å². The third kappa shape index (κ3) is 6.12. The molecule has 55 heavy (non-hydrogen) atoms. The van der Waals surface area contributed by atoms with Crippen LogP contribution in [0.15, 0.2) is 224 Å². The molecule has 0 fully saturated rings. The van der Waals surface area contributed by atoms with Crippen LogP contribution in [-0.2, 0) is 0 Å². The van der Waals surface area contributed by atoms with Crippen LogP contribution in [0.25, 0.3) is 76.8 Å². The summed E-state index contributed by atoms with van der Waals surface area (Å²) >= 11 is 0. The first-order valence-corrected chi connectivity index (χ1v) is 18.9. The Morgan fingerprint density at radius 2 is 0.709 bits per heavy atom. The summed E-state index contributed by atoms with van der Waals surface area (Å²) in [6, 6.07) is 81.5. The maximum Gasteiger partial charge on any atom is 0.0540 e. The molecule has 0 saturated carbocycles. The van der Waals surface area contributed by atoms with Gasteiger partial charge in [0.15, 0.2) is 0 Å². The van der Waals surface area contributed by atoms with Crippen molar-refractivity contribution in [3.63, 3.8) is 0 Å². The summed E-state index contributed by atoms with van der Waals surface area (Å²) in [7, 11) is 0. The number of rotatable bonds is 7. The van der Waals surface area contributed by atoms with E-state index < -0.39 is 0 Å². The van der Waals surface area contributed by atoms with E-state index >= 15 is 0 Å². The zero-order valence-corrected chi connectivity index (χ0v) is 30.3. The average Bonchev–Trinajstić information content (AvgIpc) is 3.27. The second-order valence-electron chi connectivity index (χ2n) is 14.1. The van der Waals surface area contributed by atoms with E-state index in [-0.39, 0.29) is 0 Å². The Bertz CT molecular complexity index is 2940. The van der Waals surface area contributed by atoms with Crippen LogP contribution < -0.4 is 4.90 Å². The van der Waals surface area contributed by atoms with Crippen LogP contribution in [0.4, 0.5) is 17.1 Å². The lowest BCUT2D eigenvalue weighted by Crippen LogP contribution is -2.10. The fourth-order valence-electron chi connectivity index (χ4n) is 8.09. The van der Waals surface area contributed by atoms with E-state index in [1.165, 1.54) is 76.8 Å². The molecule has 0 spiro atoms. The molecule has 0 unspecified atom stereocenters. The molecule has 0 aliphatic heterocycles. The summed E-state index contributed by atoms with van der Waals surface area (Å²) < 4.78 is 0. The summed E-state index contributed by atoms with van der Waals surface area (Å²) in [6.45, 7) is 0. The smallest absolute Gasteiger partial charge is 0.0540 e. The predicted molar refractivity (Wildman–Crippen MR) is 235 cm³/mol. The van der Waals surface area contributed by atoms with Crippen LogP contribution in [0, 0.1) is 0 Å². The maximum absolute atomic E-state index is 2.41. The summed E-state index contributed by atoms with van der Waals surface area (Å²) in [5.74, 6) is 0. The van der Waals surface area contributed by atoms with E-state index in [2.05, 4.69) is 229 Å². The Hall–Kier alpha value is -7.22. The molecule has 0 heterocycles. The first kappa shape index (κ1) is 32.4. The van der Waals surface area contributed by atoms with Gasteiger partial charge in [0.1, 0.15) is 0 Å². The molecule has 0 radical (unpaired) electrons. The standard InChI is InChI=1S/C54H37N/c1-3-12-38(13-4-1)40-28-32-48(33-29-40)55(53-23-11-18-42-25-27-47(37-52(42)53)46-26-24-39-14-7-8-17-45(39)36-46)49-34-30-43(31-35-49)51-22-10-20-44-19-9-21-50(54(44)51)41-15-5-2-6-16-41/h1-37H. The van der Waals surface area contributed by atoms with E-state index in [4.69, 9.17) is 0 Å². The van der Waals surface area contributed by atoms with Gasteiger partial charge in [0, 0.05) is 16.8 Å². The van der Waals surface area contributed by atoms with Gasteiger partial charge in [0.2, 0.25) is 0 Å². The van der Waals surface area contributed by atoms with Crippen molar-refractivity contribution in [3.8, 4) is 44.5 Å². The van der Waals surface area contributed by atoms with Crippen molar-refractivity contribution in [1.82, 2.24) is 0 Å². The van der Waals surface area contributed by atoms with Crippen LogP contribution in [0.1, 0.15) is 0 Å². The highest BCUT2D eigenvalue weighted by molar-refractivity contribution is 6.07. The first-order chi connectivity index (χ1) is 27.3. The van der Waals surface area contributed by atoms with Crippen molar-refractivity contribution in [3.05, 3.63) is 224 Å². The van der Waals surface area contributed by atoms with E-state index in [9.17, 15) is 0 Å². The molecule has 0 atom stereocenters. The van der Waals surface area contributed by atoms with E-state index in [1.54, 1.807) is 0 Å². The van der Waals surface area contributed by atoms with E-state index in [0.717, 1.165) is 17.1 Å². The van der Waals surface area contributed by atoms with Gasteiger partial charge in [0.25, 0.3) is 0 Å². The molecule has 10 aromatic carbocycles. The van der Waals surface area contributed by atoms with E-state index in [0.29, 0.717) is 0 Å². The molecule has 0 aromatic heterocycles. The van der Waals surface area contributed by atoms with Crippen molar-refractivity contribution in [2.24, 2.45) is 0 Å². The van der Waals surface area contributed by atoms with Crippen molar-refractivity contribution >= 4 is 49.4 Å². The van der Waals surface area contributed by atoms with Crippen molar-refractivity contribution < 1.29 is 0 Å². The summed E-state index contributed by atoms with van der Waals surface area (Å²) in [6.07, 6.45) is 0. The number of anilines is 3. The summed E-state index contributed by atoms with van der Waals surface area (Å²) in [5, 5.41) is 7.41. The third-order valence-electron chi connectivity index (χ3n) is 10.8. The molecule has 0 aliphatic rings. The van der Waals surface area contributed by atoms with Gasteiger partial charge in [-0.2, -0.15) is 0 Å². The van der Waals surface area contributed by atoms with Crippen LogP contribution in [0.5, 0.6) is 0 Å². The number of benzene rings is 10. The summed E-state index contributed by atoms with van der Waals surface area (Å²) in [4.78, 5) is 2.41. The molecule has 0 aliphatic carbocycles. The van der Waals surface area contributed by atoms with Gasteiger partial charge in [-0.05, 0) is 114 Å². The largest absolute Gasteiger partial charge is 0.310 e. The van der Waals surface area contributed by atoms with Crippen LogP contribution in [0.3, 0.4) is 0 Å². The first-order valence-electron chi connectivity index (χ1n) is 18.9. The van der Waals surface area contributed by atoms with Crippen molar-refractivity contribution in [2.45, 2.75) is 0 Å². The monoisotopic (exact) mass is 699 g/mol.